The number of fused-ring (bicyclic) bond motifs is 2. The molecule has 2 aromatic heterocycles. The van der Waals surface area contributed by atoms with Gasteiger partial charge >= 0.3 is 47.3 Å². The van der Waals surface area contributed by atoms with Crippen molar-refractivity contribution in [2.75, 3.05) is 0 Å². The molecule has 204 valence electrons. The van der Waals surface area contributed by atoms with Crippen molar-refractivity contribution < 1.29 is 36.3 Å². The molecule has 0 unspecified atom stereocenters. The molecular weight excluding hydrogens is 696 g/mol. The zero-order chi connectivity index (χ0) is 27.8. The van der Waals surface area contributed by atoms with Crippen molar-refractivity contribution in [1.29, 1.82) is 0 Å². The zero-order valence-corrected chi connectivity index (χ0v) is 25.1. The molecule has 0 saturated heterocycles. The Morgan fingerprint density at radius 1 is 0.946 bits per heavy atom. The van der Waals surface area contributed by atoms with Gasteiger partial charge in [0, 0.05) is 36.5 Å². The Morgan fingerprint density at radius 3 is 2.08 bits per heavy atom. The average Bonchev–Trinajstić information content (AvgIpc) is 3.26. The Labute approximate surface area is 234 Å². The summed E-state index contributed by atoms with van der Waals surface area (Å²) in [4.78, 5) is 28.3. The first-order chi connectivity index (χ1) is 17.7. The molecule has 0 aliphatic rings. The van der Waals surface area contributed by atoms with Gasteiger partial charge in [-0.1, -0.05) is 58.0 Å². The molecule has 2 N–H and O–H groups in total. The summed E-state index contributed by atoms with van der Waals surface area (Å²) in [6.07, 6.45) is 3.43. The van der Waals surface area contributed by atoms with E-state index in [2.05, 4.69) is 65.9 Å². The van der Waals surface area contributed by atoms with Gasteiger partial charge in [-0.2, -0.15) is 0 Å². The topological polar surface area (TPSA) is 105 Å². The molecule has 0 radical (unpaired) electrons. The van der Waals surface area contributed by atoms with Gasteiger partial charge in [-0.25, -0.2) is 4.98 Å². The van der Waals surface area contributed by atoms with Crippen LogP contribution in [-0.4, -0.2) is 36.7 Å². The average molecular weight is 730 g/mol. The summed E-state index contributed by atoms with van der Waals surface area (Å²) < 4.78 is 2.35. The van der Waals surface area contributed by atoms with Gasteiger partial charge in [0.2, 0.25) is 0 Å². The normalized spacial score (nSPS) is 10.1. The first kappa shape index (κ1) is 32.6. The number of para-hydroxylation sites is 3. The van der Waals surface area contributed by atoms with E-state index in [1.54, 1.807) is 13.8 Å². The molecule has 37 heavy (non-hydrogen) atoms. The van der Waals surface area contributed by atoms with Crippen LogP contribution >= 0.6 is 18.8 Å². The molecule has 0 bridgehead atoms. The second kappa shape index (κ2) is 17.9. The predicted octanol–water partition coefficient (Wildman–Crippen LogP) is 7.64. The van der Waals surface area contributed by atoms with E-state index < -0.39 is 28.4 Å². The van der Waals surface area contributed by atoms with Gasteiger partial charge in [-0.3, -0.25) is 14.6 Å². The van der Waals surface area contributed by atoms with E-state index in [9.17, 15) is 9.59 Å². The molecule has 0 atom stereocenters. The maximum atomic E-state index is 9.37. The summed E-state index contributed by atoms with van der Waals surface area (Å²) in [5.41, 5.74) is 4.36. The van der Waals surface area contributed by atoms with Gasteiger partial charge in [0.15, 0.2) is 0 Å². The number of aliphatic carboxylic acids is 2. The summed E-state index contributed by atoms with van der Waals surface area (Å²) in [5.74, 6) is 0.181. The Balaban J connectivity index is 0.000000441. The number of hydrogen-bond acceptors (Lipinski definition) is 4. The number of aromatic nitrogens is 3. The number of carbonyl (C=O) groups is 2. The Morgan fingerprint density at radius 2 is 1.51 bits per heavy atom. The summed E-state index contributed by atoms with van der Waals surface area (Å²) in [6, 6.07) is 18.8. The molecule has 2 heterocycles. The molecule has 0 saturated carbocycles. The second-order valence-electron chi connectivity index (χ2n) is 8.18. The molecule has 7 nitrogen and oxygen atoms in total. The van der Waals surface area contributed by atoms with Crippen molar-refractivity contribution >= 4 is 52.7 Å². The van der Waals surface area contributed by atoms with Crippen LogP contribution in [0.4, 0.5) is 0 Å². The van der Waals surface area contributed by atoms with Crippen molar-refractivity contribution in [2.24, 2.45) is 5.92 Å². The number of imidazole rings is 1. The Hall–Kier alpha value is -2.47. The van der Waals surface area contributed by atoms with Crippen LogP contribution in [0.1, 0.15) is 47.0 Å². The van der Waals surface area contributed by atoms with Gasteiger partial charge < -0.3 is 14.8 Å². The van der Waals surface area contributed by atoms with E-state index in [1.807, 2.05) is 18.3 Å². The molecule has 4 aromatic rings. The summed E-state index contributed by atoms with van der Waals surface area (Å²) in [7, 11) is 9.75. The van der Waals surface area contributed by atoms with Crippen molar-refractivity contribution in [3.05, 3.63) is 60.8 Å². The van der Waals surface area contributed by atoms with Crippen LogP contribution in [0.3, 0.4) is 0 Å². The zero-order valence-electron chi connectivity index (χ0n) is 21.3. The molecule has 0 fully saturated rings. The van der Waals surface area contributed by atoms with Crippen LogP contribution in [0.5, 0.6) is 0 Å². The standard InChI is InChI=1S/C21H21N3.2C3H6O2.2ClH.Pt/c1-15(2)12-14-24-19-11-4-3-10-18(19)23-21(24)17-9-5-7-16-8-6-13-22-20(16)17;2*1-2-3(4)5;;;/h3-11,13,15H,12,14H2,1-2H3;2*2H2,1H3,(H,4,5);2*1H;/q;;;;;+2/p-2. The third-order valence-corrected chi connectivity index (χ3v) is 5.06. The van der Waals surface area contributed by atoms with Crippen molar-refractivity contribution in [3.8, 4) is 11.4 Å². The molecule has 2 aromatic carbocycles. The first-order valence-corrected chi connectivity index (χ1v) is 17.4. The molecule has 0 aliphatic heterocycles. The third kappa shape index (κ3) is 11.2. The molecule has 0 aliphatic carbocycles. The maximum absolute atomic E-state index is 9.37. The number of carboxylic acids is 2. The monoisotopic (exact) mass is 728 g/mol. The fourth-order valence-electron chi connectivity index (χ4n) is 3.18. The molecular formula is C27H33Cl2N3O4Pt. The number of carboxylic acid groups (broad SMARTS) is 2. The van der Waals surface area contributed by atoms with E-state index in [4.69, 9.17) is 34.0 Å². The number of aryl methyl sites for hydroxylation is 1. The Bertz CT molecular complexity index is 1250. The van der Waals surface area contributed by atoms with Crippen LogP contribution < -0.4 is 0 Å². The molecule has 10 heteroatoms. The fourth-order valence-corrected chi connectivity index (χ4v) is 3.18. The van der Waals surface area contributed by atoms with Crippen molar-refractivity contribution in [1.82, 2.24) is 14.5 Å². The number of hydrogen-bond donors (Lipinski definition) is 2. The van der Waals surface area contributed by atoms with Gasteiger partial charge in [0.25, 0.3) is 0 Å². The minimum atomic E-state index is -0.745. The first-order valence-electron chi connectivity index (χ1n) is 11.7. The van der Waals surface area contributed by atoms with E-state index in [-0.39, 0.29) is 12.8 Å². The van der Waals surface area contributed by atoms with Gasteiger partial charge in [0.1, 0.15) is 5.82 Å². The summed E-state index contributed by atoms with van der Waals surface area (Å²) >= 11 is -0.472. The van der Waals surface area contributed by atoms with E-state index in [0.29, 0.717) is 5.92 Å². The number of benzene rings is 2. The number of pyridine rings is 1. The Kier molecular flexibility index (Phi) is 15.7. The van der Waals surface area contributed by atoms with Crippen LogP contribution in [-0.2, 0) is 32.6 Å². The summed E-state index contributed by atoms with van der Waals surface area (Å²) in [6.45, 7) is 8.69. The third-order valence-electron chi connectivity index (χ3n) is 5.06. The van der Waals surface area contributed by atoms with Crippen molar-refractivity contribution in [3.63, 3.8) is 0 Å². The number of nitrogens with zero attached hydrogens (tertiary/aromatic N) is 3. The minimum absolute atomic E-state index is 0.222. The van der Waals surface area contributed by atoms with Crippen LogP contribution in [0.15, 0.2) is 60.8 Å². The van der Waals surface area contributed by atoms with Gasteiger partial charge in [-0.05, 0) is 36.6 Å². The SMILES string of the molecule is CC(C)CCn1c(-c2cccc3cccnc23)nc2ccccc21.CCC(=O)O.CCC(=O)O.[Cl][Pt][Cl]. The molecule has 4 rings (SSSR count). The summed E-state index contributed by atoms with van der Waals surface area (Å²) in [5, 5.41) is 16.6. The quantitative estimate of drug-likeness (QED) is 0.212. The van der Waals surface area contributed by atoms with Gasteiger partial charge in [-0.15, -0.1) is 0 Å². The fraction of sp³-hybridized carbons (Fsp3) is 0.333. The molecule has 0 spiro atoms. The molecule has 0 amide bonds. The second-order valence-corrected chi connectivity index (χ2v) is 11.5. The van der Waals surface area contributed by atoms with E-state index in [1.165, 1.54) is 5.52 Å². The van der Waals surface area contributed by atoms with Crippen LogP contribution in [0.25, 0.3) is 33.3 Å². The van der Waals surface area contributed by atoms with E-state index in [0.717, 1.165) is 40.8 Å². The van der Waals surface area contributed by atoms with Crippen LogP contribution in [0, 0.1) is 5.92 Å². The van der Waals surface area contributed by atoms with Crippen molar-refractivity contribution in [2.45, 2.75) is 53.5 Å². The number of rotatable bonds is 6. The van der Waals surface area contributed by atoms with E-state index >= 15 is 0 Å². The predicted molar refractivity (Wildman–Crippen MR) is 147 cm³/mol. The van der Waals surface area contributed by atoms with Crippen LogP contribution in [0.2, 0.25) is 0 Å². The number of halogens is 2. The van der Waals surface area contributed by atoms with Gasteiger partial charge in [0.05, 0.1) is 16.6 Å².